The molecule has 190 valence electrons. The molecule has 2 amide bonds. The Balaban J connectivity index is 1.23. The number of amides is 2. The summed E-state index contributed by atoms with van der Waals surface area (Å²) in [6.45, 7) is 0.865. The zero-order valence-corrected chi connectivity index (χ0v) is 20.9. The minimum absolute atomic E-state index is 0.00340. The summed E-state index contributed by atoms with van der Waals surface area (Å²) < 4.78 is 0. The van der Waals surface area contributed by atoms with Gasteiger partial charge in [0.2, 0.25) is 0 Å². The number of aliphatic carboxylic acids is 1. The van der Waals surface area contributed by atoms with Gasteiger partial charge in [-0.3, -0.25) is 14.6 Å². The average molecular weight is 480 g/mol. The molecule has 0 radical (unpaired) electrons. The molecule has 35 heavy (non-hydrogen) atoms. The molecule has 3 heterocycles. The molecule has 5 fully saturated rings. The molecule has 1 aromatic rings. The Kier molecular flexibility index (Phi) is 6.50. The van der Waals surface area contributed by atoms with Crippen molar-refractivity contribution in [3.63, 3.8) is 0 Å². The van der Waals surface area contributed by atoms with Crippen LogP contribution in [0.5, 0.6) is 0 Å². The minimum atomic E-state index is -0.786. The number of carboxylic acid groups (broad SMARTS) is 1. The molecule has 1 aromatic carbocycles. The number of rotatable bonds is 4. The fourth-order valence-corrected chi connectivity index (χ4v) is 8.49. The zero-order valence-electron chi connectivity index (χ0n) is 20.9. The van der Waals surface area contributed by atoms with Crippen LogP contribution in [-0.4, -0.2) is 64.2 Å². The van der Waals surface area contributed by atoms with Gasteiger partial charge in [-0.05, 0) is 75.3 Å². The lowest BCUT2D eigenvalue weighted by Crippen LogP contribution is -2.62. The van der Waals surface area contributed by atoms with Crippen LogP contribution in [-0.2, 0) is 4.79 Å². The predicted octanol–water partition coefficient (Wildman–Crippen LogP) is 5.37. The number of likely N-dealkylation sites (tertiary alicyclic amines) is 1. The highest BCUT2D eigenvalue weighted by Crippen LogP contribution is 2.46. The molecule has 3 aliphatic heterocycles. The molecule has 5 aliphatic rings. The van der Waals surface area contributed by atoms with Crippen LogP contribution < -0.4 is 4.90 Å². The van der Waals surface area contributed by atoms with Crippen LogP contribution in [0.15, 0.2) is 30.3 Å². The van der Waals surface area contributed by atoms with E-state index in [4.69, 9.17) is 0 Å². The van der Waals surface area contributed by atoms with E-state index in [1.54, 1.807) is 4.90 Å². The van der Waals surface area contributed by atoms with Crippen molar-refractivity contribution in [2.75, 3.05) is 18.0 Å². The summed E-state index contributed by atoms with van der Waals surface area (Å²) in [4.78, 5) is 32.2. The third-order valence-corrected chi connectivity index (χ3v) is 9.94. The number of carboxylic acids is 1. The predicted molar refractivity (Wildman–Crippen MR) is 136 cm³/mol. The molecular formula is C29H41N3O3. The quantitative estimate of drug-likeness (QED) is 0.630. The van der Waals surface area contributed by atoms with E-state index < -0.39 is 11.9 Å². The van der Waals surface area contributed by atoms with Gasteiger partial charge in [-0.15, -0.1) is 0 Å². The monoisotopic (exact) mass is 479 g/mol. The maximum absolute atomic E-state index is 13.9. The Hall–Kier alpha value is -2.08. The van der Waals surface area contributed by atoms with E-state index in [1.165, 1.54) is 57.8 Å². The highest BCUT2D eigenvalue weighted by atomic mass is 16.4. The summed E-state index contributed by atoms with van der Waals surface area (Å²) in [5.41, 5.74) is 0.958. The number of fused-ring (bicyclic) bond motifs is 4. The fraction of sp³-hybridized carbons (Fsp3) is 0.724. The number of carbonyl (C=O) groups is 2. The van der Waals surface area contributed by atoms with Crippen LogP contribution in [0.4, 0.5) is 10.5 Å². The van der Waals surface area contributed by atoms with Gasteiger partial charge in [0.15, 0.2) is 0 Å². The second kappa shape index (κ2) is 9.76. The lowest BCUT2D eigenvalue weighted by Gasteiger charge is -2.56. The summed E-state index contributed by atoms with van der Waals surface area (Å²) in [6.07, 6.45) is 15.0. The number of urea groups is 1. The van der Waals surface area contributed by atoms with E-state index in [0.717, 1.165) is 36.4 Å². The van der Waals surface area contributed by atoms with Crippen LogP contribution >= 0.6 is 0 Å². The number of anilines is 1. The van der Waals surface area contributed by atoms with Crippen molar-refractivity contribution < 1.29 is 14.7 Å². The van der Waals surface area contributed by atoms with E-state index in [-0.39, 0.29) is 12.1 Å². The molecule has 6 heteroatoms. The van der Waals surface area contributed by atoms with E-state index in [1.807, 2.05) is 35.2 Å². The summed E-state index contributed by atoms with van der Waals surface area (Å²) in [5, 5.41) is 9.48. The smallest absolute Gasteiger partial charge is 0.324 e. The average Bonchev–Trinajstić information content (AvgIpc) is 3.35. The standard InChI is InChI=1S/C29H41N3O3/c33-28(34)22-12-13-30(19-22)29(35)32(23-8-2-1-3-9-23)27-17-24-10-5-11-25(18-27)31(24)26-15-20-6-4-7-21(14-20)16-26/h1-3,8-9,20-22,24-27H,4-7,10-19H2,(H,33,34)/t20-,21+,22-,24-,25+,26+,27+/m1/s1. The molecule has 0 spiro atoms. The second-order valence-electron chi connectivity index (χ2n) is 12.1. The molecular weight excluding hydrogens is 438 g/mol. The molecule has 7 atom stereocenters. The number of nitrogens with zero attached hydrogens (tertiary/aromatic N) is 3. The molecule has 3 saturated heterocycles. The molecule has 6 nitrogen and oxygen atoms in total. The largest absolute Gasteiger partial charge is 0.481 e. The van der Waals surface area contributed by atoms with Crippen LogP contribution in [0, 0.1) is 17.8 Å². The van der Waals surface area contributed by atoms with E-state index in [9.17, 15) is 14.7 Å². The van der Waals surface area contributed by atoms with Gasteiger partial charge >= 0.3 is 12.0 Å². The fourth-order valence-electron chi connectivity index (χ4n) is 8.49. The van der Waals surface area contributed by atoms with Crippen LogP contribution in [0.3, 0.4) is 0 Å². The lowest BCUT2D eigenvalue weighted by atomic mass is 9.68. The van der Waals surface area contributed by atoms with Crippen molar-refractivity contribution >= 4 is 17.7 Å². The Bertz CT molecular complexity index is 897. The molecule has 2 aliphatic carbocycles. The minimum Gasteiger partial charge on any atom is -0.481 e. The van der Waals surface area contributed by atoms with Gasteiger partial charge < -0.3 is 10.0 Å². The van der Waals surface area contributed by atoms with Gasteiger partial charge in [0.1, 0.15) is 0 Å². The first-order valence-corrected chi connectivity index (χ1v) is 14.2. The maximum Gasteiger partial charge on any atom is 0.324 e. The first-order valence-electron chi connectivity index (χ1n) is 14.2. The van der Waals surface area contributed by atoms with Crippen molar-refractivity contribution in [1.29, 1.82) is 0 Å². The number of piperidine rings is 2. The van der Waals surface area contributed by atoms with Crippen molar-refractivity contribution in [3.05, 3.63) is 30.3 Å². The first kappa shape index (κ1) is 23.3. The highest BCUT2D eigenvalue weighted by molar-refractivity contribution is 5.93. The van der Waals surface area contributed by atoms with Crippen LogP contribution in [0.2, 0.25) is 0 Å². The van der Waals surface area contributed by atoms with Crippen molar-refractivity contribution in [3.8, 4) is 0 Å². The third-order valence-electron chi connectivity index (χ3n) is 9.94. The normalized spacial score (nSPS) is 37.1. The number of benzene rings is 1. The van der Waals surface area contributed by atoms with Crippen LogP contribution in [0.25, 0.3) is 0 Å². The summed E-state index contributed by atoms with van der Waals surface area (Å²) in [7, 11) is 0. The Morgan fingerprint density at radius 1 is 0.800 bits per heavy atom. The van der Waals surface area contributed by atoms with Gasteiger partial charge in [0.05, 0.1) is 5.92 Å². The van der Waals surface area contributed by atoms with Crippen molar-refractivity contribution in [2.24, 2.45) is 17.8 Å². The topological polar surface area (TPSA) is 64.1 Å². The third kappa shape index (κ3) is 4.59. The molecule has 4 bridgehead atoms. The lowest BCUT2D eigenvalue weighted by molar-refractivity contribution is -0.141. The van der Waals surface area contributed by atoms with Crippen molar-refractivity contribution in [2.45, 2.75) is 101 Å². The second-order valence-corrected chi connectivity index (χ2v) is 12.1. The molecule has 6 rings (SSSR count). The molecule has 2 saturated carbocycles. The Morgan fingerprint density at radius 2 is 1.46 bits per heavy atom. The summed E-state index contributed by atoms with van der Waals surface area (Å²) in [6, 6.07) is 12.2. The van der Waals surface area contributed by atoms with Gasteiger partial charge in [0, 0.05) is 42.9 Å². The molecule has 0 aromatic heterocycles. The first-order chi connectivity index (χ1) is 17.1. The van der Waals surface area contributed by atoms with Crippen molar-refractivity contribution in [1.82, 2.24) is 9.80 Å². The molecule has 1 N–H and O–H groups in total. The Labute approximate surface area is 209 Å². The van der Waals surface area contributed by atoms with Gasteiger partial charge in [-0.2, -0.15) is 0 Å². The zero-order chi connectivity index (χ0) is 23.9. The SMILES string of the molecule is O=C(O)[C@@H]1CCN(C(=O)N(c2ccccc2)[C@H]2C[C@H]3CCC[C@@H](C2)N3[C@H]2C[C@@H]3CCC[C@@H](C3)C2)C1. The van der Waals surface area contributed by atoms with E-state index >= 15 is 0 Å². The van der Waals surface area contributed by atoms with E-state index in [0.29, 0.717) is 31.6 Å². The number of carbonyl (C=O) groups excluding carboxylic acids is 1. The van der Waals surface area contributed by atoms with Gasteiger partial charge in [0.25, 0.3) is 0 Å². The van der Waals surface area contributed by atoms with E-state index in [2.05, 4.69) is 4.90 Å². The van der Waals surface area contributed by atoms with Gasteiger partial charge in [-0.1, -0.05) is 43.9 Å². The van der Waals surface area contributed by atoms with Crippen LogP contribution in [0.1, 0.15) is 77.0 Å². The number of hydrogen-bond donors (Lipinski definition) is 1. The number of hydrogen-bond acceptors (Lipinski definition) is 3. The molecule has 0 unspecified atom stereocenters. The Morgan fingerprint density at radius 3 is 2.09 bits per heavy atom. The maximum atomic E-state index is 13.9. The number of para-hydroxylation sites is 1. The van der Waals surface area contributed by atoms with Gasteiger partial charge in [-0.25, -0.2) is 4.79 Å². The summed E-state index contributed by atoms with van der Waals surface area (Å²) in [5.74, 6) is 0.645. The highest BCUT2D eigenvalue weighted by Gasteiger charge is 2.47. The summed E-state index contributed by atoms with van der Waals surface area (Å²) >= 11 is 0.